The summed E-state index contributed by atoms with van der Waals surface area (Å²) in [6.45, 7) is 12.4. The van der Waals surface area contributed by atoms with Crippen LogP contribution in [0.5, 0.6) is 0 Å². The van der Waals surface area contributed by atoms with Crippen molar-refractivity contribution in [2.24, 2.45) is 0 Å². The summed E-state index contributed by atoms with van der Waals surface area (Å²) in [5, 5.41) is 3.45. The SMILES string of the molecule is CCC(C)(CC)NC(=O)c1cc(Cl)nc(C(C)(C)C)c1. The van der Waals surface area contributed by atoms with Crippen LogP contribution in [0.4, 0.5) is 0 Å². The molecule has 0 aliphatic carbocycles. The highest BCUT2D eigenvalue weighted by molar-refractivity contribution is 6.29. The smallest absolute Gasteiger partial charge is 0.251 e. The second kappa shape index (κ2) is 6.13. The van der Waals surface area contributed by atoms with Crippen LogP contribution >= 0.6 is 11.6 Å². The second-order valence-electron chi connectivity index (χ2n) is 6.54. The molecule has 4 heteroatoms. The minimum Gasteiger partial charge on any atom is -0.347 e. The number of carbonyl (C=O) groups is 1. The number of nitrogens with one attached hydrogen (secondary N) is 1. The van der Waals surface area contributed by atoms with Crippen molar-refractivity contribution in [1.82, 2.24) is 10.3 Å². The largest absolute Gasteiger partial charge is 0.347 e. The number of hydrogen-bond acceptors (Lipinski definition) is 2. The van der Waals surface area contributed by atoms with Gasteiger partial charge < -0.3 is 5.32 Å². The van der Waals surface area contributed by atoms with E-state index in [0.717, 1.165) is 18.5 Å². The van der Waals surface area contributed by atoms with Gasteiger partial charge in [0, 0.05) is 22.2 Å². The van der Waals surface area contributed by atoms with E-state index >= 15 is 0 Å². The van der Waals surface area contributed by atoms with Crippen LogP contribution in [0.1, 0.15) is 70.4 Å². The van der Waals surface area contributed by atoms with Crippen LogP contribution in [0, 0.1) is 0 Å². The molecular weight excluding hydrogens is 272 g/mol. The lowest BCUT2D eigenvalue weighted by atomic mass is 9.90. The Morgan fingerprint density at radius 3 is 2.20 bits per heavy atom. The van der Waals surface area contributed by atoms with Crippen molar-refractivity contribution in [3.05, 3.63) is 28.5 Å². The summed E-state index contributed by atoms with van der Waals surface area (Å²) in [6, 6.07) is 3.45. The van der Waals surface area contributed by atoms with Crippen LogP contribution in [0.15, 0.2) is 12.1 Å². The number of halogens is 1. The Morgan fingerprint density at radius 1 is 1.20 bits per heavy atom. The third-order valence-electron chi connectivity index (χ3n) is 3.80. The first-order valence-corrected chi connectivity index (χ1v) is 7.49. The van der Waals surface area contributed by atoms with Crippen molar-refractivity contribution in [2.45, 2.75) is 65.3 Å². The van der Waals surface area contributed by atoms with Gasteiger partial charge >= 0.3 is 0 Å². The zero-order valence-electron chi connectivity index (χ0n) is 13.3. The van der Waals surface area contributed by atoms with E-state index in [9.17, 15) is 4.79 Å². The van der Waals surface area contributed by atoms with Crippen LogP contribution in [-0.4, -0.2) is 16.4 Å². The Kier molecular flexibility index (Phi) is 5.20. The Balaban J connectivity index is 3.08. The van der Waals surface area contributed by atoms with E-state index in [2.05, 4.69) is 51.8 Å². The molecule has 0 aliphatic rings. The molecule has 1 amide bonds. The summed E-state index contributed by atoms with van der Waals surface area (Å²) in [7, 11) is 0. The lowest BCUT2D eigenvalue weighted by Crippen LogP contribution is -2.45. The molecule has 20 heavy (non-hydrogen) atoms. The standard InChI is InChI=1S/C16H25ClN2O/c1-7-16(6,8-2)19-14(20)11-9-12(15(3,4)5)18-13(17)10-11/h9-10H,7-8H2,1-6H3,(H,19,20). The summed E-state index contributed by atoms with van der Waals surface area (Å²) in [6.07, 6.45) is 1.78. The molecule has 0 fully saturated rings. The molecule has 1 heterocycles. The lowest BCUT2D eigenvalue weighted by Gasteiger charge is -2.28. The third kappa shape index (κ3) is 4.20. The highest BCUT2D eigenvalue weighted by atomic mass is 35.5. The maximum Gasteiger partial charge on any atom is 0.251 e. The first-order chi connectivity index (χ1) is 9.11. The van der Waals surface area contributed by atoms with Gasteiger partial charge in [0.2, 0.25) is 0 Å². The summed E-state index contributed by atoms with van der Waals surface area (Å²) in [4.78, 5) is 16.7. The molecule has 1 rings (SSSR count). The van der Waals surface area contributed by atoms with Gasteiger partial charge in [0.05, 0.1) is 0 Å². The third-order valence-corrected chi connectivity index (χ3v) is 3.99. The monoisotopic (exact) mass is 296 g/mol. The van der Waals surface area contributed by atoms with Crippen molar-refractivity contribution in [1.29, 1.82) is 0 Å². The maximum absolute atomic E-state index is 12.4. The number of aromatic nitrogens is 1. The molecular formula is C16H25ClN2O. The first kappa shape index (κ1) is 17.0. The molecule has 0 saturated heterocycles. The van der Waals surface area contributed by atoms with E-state index in [0.29, 0.717) is 10.7 Å². The van der Waals surface area contributed by atoms with E-state index in [-0.39, 0.29) is 16.9 Å². The minimum atomic E-state index is -0.186. The zero-order valence-corrected chi connectivity index (χ0v) is 14.1. The van der Waals surface area contributed by atoms with Crippen molar-refractivity contribution in [3.63, 3.8) is 0 Å². The van der Waals surface area contributed by atoms with Crippen LogP contribution in [0.25, 0.3) is 0 Å². The fourth-order valence-electron chi connectivity index (χ4n) is 1.79. The molecule has 0 saturated carbocycles. The number of amides is 1. The van der Waals surface area contributed by atoms with Gasteiger partial charge in [-0.05, 0) is 31.9 Å². The maximum atomic E-state index is 12.4. The minimum absolute atomic E-state index is 0.0917. The van der Waals surface area contributed by atoms with Crippen molar-refractivity contribution in [2.75, 3.05) is 0 Å². The predicted molar refractivity (Wildman–Crippen MR) is 84.4 cm³/mol. The van der Waals surface area contributed by atoms with E-state index in [1.807, 2.05) is 6.07 Å². The van der Waals surface area contributed by atoms with Gasteiger partial charge in [-0.25, -0.2) is 4.98 Å². The summed E-state index contributed by atoms with van der Waals surface area (Å²) < 4.78 is 0. The molecule has 1 aromatic rings. The molecule has 0 aromatic carbocycles. The Hall–Kier alpha value is -1.09. The van der Waals surface area contributed by atoms with Gasteiger partial charge in [-0.15, -0.1) is 0 Å². The van der Waals surface area contributed by atoms with Crippen LogP contribution in [0.3, 0.4) is 0 Å². The van der Waals surface area contributed by atoms with Gasteiger partial charge in [-0.1, -0.05) is 46.2 Å². The van der Waals surface area contributed by atoms with E-state index < -0.39 is 0 Å². The second-order valence-corrected chi connectivity index (χ2v) is 6.92. The number of carbonyl (C=O) groups excluding carboxylic acids is 1. The molecule has 1 N–H and O–H groups in total. The quantitative estimate of drug-likeness (QED) is 0.840. The van der Waals surface area contributed by atoms with Crippen molar-refractivity contribution < 1.29 is 4.79 Å². The van der Waals surface area contributed by atoms with Gasteiger partial charge in [0.15, 0.2) is 0 Å². The van der Waals surface area contributed by atoms with Crippen molar-refractivity contribution in [3.8, 4) is 0 Å². The van der Waals surface area contributed by atoms with Gasteiger partial charge in [0.25, 0.3) is 5.91 Å². The Labute approximate surface area is 127 Å². The lowest BCUT2D eigenvalue weighted by molar-refractivity contribution is 0.0900. The number of hydrogen-bond donors (Lipinski definition) is 1. The fourth-order valence-corrected chi connectivity index (χ4v) is 1.99. The average Bonchev–Trinajstić information content (AvgIpc) is 2.36. The number of pyridine rings is 1. The van der Waals surface area contributed by atoms with E-state index in [1.54, 1.807) is 6.07 Å². The van der Waals surface area contributed by atoms with Crippen molar-refractivity contribution >= 4 is 17.5 Å². The fraction of sp³-hybridized carbons (Fsp3) is 0.625. The molecule has 0 bridgehead atoms. The molecule has 0 unspecified atom stereocenters. The predicted octanol–water partition coefficient (Wildman–Crippen LogP) is 4.34. The van der Waals surface area contributed by atoms with Gasteiger partial charge in [-0.3, -0.25) is 4.79 Å². The van der Waals surface area contributed by atoms with E-state index in [1.165, 1.54) is 0 Å². The topological polar surface area (TPSA) is 42.0 Å². The zero-order chi connectivity index (χ0) is 15.6. The number of nitrogens with zero attached hydrogens (tertiary/aromatic N) is 1. The van der Waals surface area contributed by atoms with Crippen LogP contribution in [0.2, 0.25) is 5.15 Å². The highest BCUT2D eigenvalue weighted by Crippen LogP contribution is 2.24. The molecule has 0 aliphatic heterocycles. The Morgan fingerprint density at radius 2 is 1.75 bits per heavy atom. The summed E-state index contributed by atoms with van der Waals surface area (Å²) in [5.41, 5.74) is 1.07. The normalized spacial score (nSPS) is 12.3. The molecule has 0 radical (unpaired) electrons. The van der Waals surface area contributed by atoms with E-state index in [4.69, 9.17) is 11.6 Å². The molecule has 1 aromatic heterocycles. The summed E-state index contributed by atoms with van der Waals surface area (Å²) in [5.74, 6) is -0.0917. The molecule has 112 valence electrons. The summed E-state index contributed by atoms with van der Waals surface area (Å²) >= 11 is 6.05. The van der Waals surface area contributed by atoms with Crippen LogP contribution in [-0.2, 0) is 5.41 Å². The first-order valence-electron chi connectivity index (χ1n) is 7.12. The Bertz CT molecular complexity index is 488. The van der Waals surface area contributed by atoms with Gasteiger partial charge in [0.1, 0.15) is 5.15 Å². The highest BCUT2D eigenvalue weighted by Gasteiger charge is 2.24. The molecule has 0 atom stereocenters. The molecule has 0 spiro atoms. The number of rotatable bonds is 4. The van der Waals surface area contributed by atoms with Crippen LogP contribution < -0.4 is 5.32 Å². The average molecular weight is 297 g/mol. The molecule has 3 nitrogen and oxygen atoms in total. The van der Waals surface area contributed by atoms with Gasteiger partial charge in [-0.2, -0.15) is 0 Å².